The van der Waals surface area contributed by atoms with Crippen LogP contribution >= 0.6 is 15.9 Å². The Labute approximate surface area is 132 Å². The molecule has 0 radical (unpaired) electrons. The molecule has 1 saturated heterocycles. The monoisotopic (exact) mass is 379 g/mol. The molecule has 118 valence electrons. The van der Waals surface area contributed by atoms with Crippen LogP contribution in [0.5, 0.6) is 0 Å². The molecule has 0 aromatic heterocycles. The van der Waals surface area contributed by atoms with Crippen LogP contribution in [0.15, 0.2) is 21.5 Å². The molecule has 0 aliphatic carbocycles. The van der Waals surface area contributed by atoms with Gasteiger partial charge in [-0.05, 0) is 61.4 Å². The van der Waals surface area contributed by atoms with E-state index in [0.717, 1.165) is 18.7 Å². The average molecular weight is 380 g/mol. The second kappa shape index (κ2) is 6.20. The number of anilines is 1. The number of nitrogens with two attached hydrogens (primary N) is 1. The van der Waals surface area contributed by atoms with Gasteiger partial charge in [0.25, 0.3) is 0 Å². The Morgan fingerprint density at radius 1 is 1.48 bits per heavy atom. The van der Waals surface area contributed by atoms with E-state index in [-0.39, 0.29) is 17.8 Å². The number of rotatable bonds is 3. The van der Waals surface area contributed by atoms with Gasteiger partial charge in [-0.25, -0.2) is 17.5 Å². The Morgan fingerprint density at radius 2 is 2.14 bits per heavy atom. The molecule has 5 nitrogen and oxygen atoms in total. The van der Waals surface area contributed by atoms with Crippen LogP contribution in [0.3, 0.4) is 0 Å². The van der Waals surface area contributed by atoms with Gasteiger partial charge in [0.15, 0.2) is 0 Å². The Hall–Kier alpha value is -0.700. The van der Waals surface area contributed by atoms with E-state index in [4.69, 9.17) is 5.73 Å². The predicted octanol–water partition coefficient (Wildman–Crippen LogP) is 1.93. The van der Waals surface area contributed by atoms with Crippen LogP contribution in [-0.4, -0.2) is 39.0 Å². The molecule has 3 N–H and O–H groups in total. The van der Waals surface area contributed by atoms with E-state index in [1.54, 1.807) is 0 Å². The van der Waals surface area contributed by atoms with Gasteiger partial charge in [0.05, 0.1) is 0 Å². The second-order valence-corrected chi connectivity index (χ2v) is 8.01. The summed E-state index contributed by atoms with van der Waals surface area (Å²) in [7, 11) is -1.91. The second-order valence-electron chi connectivity index (χ2n) is 5.48. The Bertz CT molecular complexity index is 639. The highest BCUT2D eigenvalue weighted by molar-refractivity contribution is 9.10. The maximum Gasteiger partial charge on any atom is 0.243 e. The zero-order valence-corrected chi connectivity index (χ0v) is 14.3. The molecular formula is C13H19BrFN3O2S. The van der Waals surface area contributed by atoms with Gasteiger partial charge in [-0.3, -0.25) is 0 Å². The highest BCUT2D eigenvalue weighted by Crippen LogP contribution is 2.27. The SMILES string of the molecule is CC1CC(NS(=O)(=O)c2cc(N)c(Br)cc2F)CCN1C. The van der Waals surface area contributed by atoms with E-state index >= 15 is 0 Å². The molecule has 1 aliphatic rings. The fourth-order valence-corrected chi connectivity index (χ4v) is 4.12. The van der Waals surface area contributed by atoms with E-state index in [2.05, 4.69) is 25.6 Å². The van der Waals surface area contributed by atoms with Crippen molar-refractivity contribution in [1.29, 1.82) is 0 Å². The van der Waals surface area contributed by atoms with Crippen molar-refractivity contribution in [3.63, 3.8) is 0 Å². The van der Waals surface area contributed by atoms with Crippen LogP contribution in [0.4, 0.5) is 10.1 Å². The normalized spacial score (nSPS) is 24.2. The standard InChI is InChI=1S/C13H19BrFN3O2S/c1-8-5-9(3-4-18(8)2)17-21(19,20)13-7-12(16)10(14)6-11(13)15/h6-9,17H,3-5,16H2,1-2H3. The van der Waals surface area contributed by atoms with Gasteiger partial charge in [0.2, 0.25) is 10.0 Å². The molecular weight excluding hydrogens is 361 g/mol. The van der Waals surface area contributed by atoms with Gasteiger partial charge in [-0.2, -0.15) is 0 Å². The van der Waals surface area contributed by atoms with E-state index in [9.17, 15) is 12.8 Å². The van der Waals surface area contributed by atoms with Gasteiger partial charge in [0, 0.05) is 22.2 Å². The average Bonchev–Trinajstić information content (AvgIpc) is 2.37. The molecule has 1 heterocycles. The van der Waals surface area contributed by atoms with E-state index in [1.807, 2.05) is 14.0 Å². The third-order valence-corrected chi connectivity index (χ3v) is 6.09. The van der Waals surface area contributed by atoms with Gasteiger partial charge in [0.1, 0.15) is 10.7 Å². The summed E-state index contributed by atoms with van der Waals surface area (Å²) in [4.78, 5) is 1.76. The number of halogens is 2. The van der Waals surface area contributed by atoms with Gasteiger partial charge >= 0.3 is 0 Å². The van der Waals surface area contributed by atoms with Crippen molar-refractivity contribution in [2.75, 3.05) is 19.3 Å². The quantitative estimate of drug-likeness (QED) is 0.786. The number of sulfonamides is 1. The number of nitrogens with one attached hydrogen (secondary N) is 1. The molecule has 2 rings (SSSR count). The van der Waals surface area contributed by atoms with Crippen LogP contribution < -0.4 is 10.5 Å². The van der Waals surface area contributed by atoms with Crippen molar-refractivity contribution in [2.45, 2.75) is 36.7 Å². The summed E-state index contributed by atoms with van der Waals surface area (Å²) in [5.74, 6) is -0.815. The van der Waals surface area contributed by atoms with E-state index in [0.29, 0.717) is 17.3 Å². The minimum atomic E-state index is -3.92. The molecule has 1 aliphatic heterocycles. The minimum absolute atomic E-state index is 0.188. The molecule has 1 aromatic carbocycles. The van der Waals surface area contributed by atoms with Crippen molar-refractivity contribution in [3.05, 3.63) is 22.4 Å². The van der Waals surface area contributed by atoms with Crippen molar-refractivity contribution in [1.82, 2.24) is 9.62 Å². The molecule has 0 spiro atoms. The fraction of sp³-hybridized carbons (Fsp3) is 0.538. The molecule has 0 saturated carbocycles. The Morgan fingerprint density at radius 3 is 2.76 bits per heavy atom. The highest BCUT2D eigenvalue weighted by Gasteiger charge is 2.28. The number of hydrogen-bond acceptors (Lipinski definition) is 4. The maximum atomic E-state index is 13.9. The predicted molar refractivity (Wildman–Crippen MR) is 83.9 cm³/mol. The summed E-state index contributed by atoms with van der Waals surface area (Å²) >= 11 is 3.07. The van der Waals surface area contributed by atoms with Crippen LogP contribution in [0.1, 0.15) is 19.8 Å². The lowest BCUT2D eigenvalue weighted by molar-refractivity contribution is 0.178. The maximum absolute atomic E-state index is 13.9. The lowest BCUT2D eigenvalue weighted by Crippen LogP contribution is -2.47. The summed E-state index contributed by atoms with van der Waals surface area (Å²) in [6.45, 7) is 2.85. The van der Waals surface area contributed by atoms with Crippen molar-refractivity contribution >= 4 is 31.6 Å². The first-order valence-corrected chi connectivity index (χ1v) is 8.95. The zero-order valence-electron chi connectivity index (χ0n) is 11.9. The number of nitrogen functional groups attached to an aromatic ring is 1. The molecule has 2 unspecified atom stereocenters. The van der Waals surface area contributed by atoms with Gasteiger partial charge < -0.3 is 10.6 Å². The lowest BCUT2D eigenvalue weighted by atomic mass is 10.0. The van der Waals surface area contributed by atoms with E-state index < -0.39 is 20.7 Å². The molecule has 0 bridgehead atoms. The zero-order chi connectivity index (χ0) is 15.8. The molecule has 2 atom stereocenters. The van der Waals surface area contributed by atoms with Crippen LogP contribution in [-0.2, 0) is 10.0 Å². The number of piperidine rings is 1. The number of likely N-dealkylation sites (tertiary alicyclic amines) is 1. The molecule has 8 heteroatoms. The number of hydrogen-bond donors (Lipinski definition) is 2. The largest absolute Gasteiger partial charge is 0.398 e. The highest BCUT2D eigenvalue weighted by atomic mass is 79.9. The van der Waals surface area contributed by atoms with Crippen molar-refractivity contribution in [2.24, 2.45) is 0 Å². The summed E-state index contributed by atoms with van der Waals surface area (Å²) in [6.07, 6.45) is 1.40. The summed E-state index contributed by atoms with van der Waals surface area (Å²) in [5, 5.41) is 0. The minimum Gasteiger partial charge on any atom is -0.398 e. The van der Waals surface area contributed by atoms with Crippen LogP contribution in [0.25, 0.3) is 0 Å². The first kappa shape index (κ1) is 16.7. The smallest absolute Gasteiger partial charge is 0.243 e. The molecule has 1 aromatic rings. The summed E-state index contributed by atoms with van der Waals surface area (Å²) < 4.78 is 41.5. The van der Waals surface area contributed by atoms with Crippen LogP contribution in [0.2, 0.25) is 0 Å². The van der Waals surface area contributed by atoms with Gasteiger partial charge in [-0.1, -0.05) is 0 Å². The first-order valence-electron chi connectivity index (χ1n) is 6.68. The van der Waals surface area contributed by atoms with Crippen molar-refractivity contribution < 1.29 is 12.8 Å². The lowest BCUT2D eigenvalue weighted by Gasteiger charge is -2.35. The van der Waals surface area contributed by atoms with Crippen LogP contribution in [0, 0.1) is 5.82 Å². The van der Waals surface area contributed by atoms with Gasteiger partial charge in [-0.15, -0.1) is 0 Å². The third kappa shape index (κ3) is 3.74. The number of benzene rings is 1. The molecule has 0 amide bonds. The molecule has 1 fully saturated rings. The Balaban J connectivity index is 2.21. The van der Waals surface area contributed by atoms with E-state index in [1.165, 1.54) is 0 Å². The first-order chi connectivity index (χ1) is 9.70. The summed E-state index contributed by atoms with van der Waals surface area (Å²) in [6, 6.07) is 2.30. The summed E-state index contributed by atoms with van der Waals surface area (Å²) in [5.41, 5.74) is 5.84. The number of nitrogens with zero attached hydrogens (tertiary/aromatic N) is 1. The fourth-order valence-electron chi connectivity index (χ4n) is 2.43. The Kier molecular flexibility index (Phi) is 4.92. The molecule has 21 heavy (non-hydrogen) atoms. The van der Waals surface area contributed by atoms with Crippen molar-refractivity contribution in [3.8, 4) is 0 Å². The third-order valence-electron chi connectivity index (χ3n) is 3.87. The topological polar surface area (TPSA) is 75.4 Å².